The van der Waals surface area contributed by atoms with Crippen molar-refractivity contribution in [1.29, 1.82) is 0 Å². The number of nitrogens with zero attached hydrogens (tertiary/aromatic N) is 2. The Balaban J connectivity index is 1.72. The molecule has 0 amide bonds. The van der Waals surface area contributed by atoms with Gasteiger partial charge in [0.05, 0.1) is 0 Å². The van der Waals surface area contributed by atoms with Crippen LogP contribution in [0.25, 0.3) is 0 Å². The van der Waals surface area contributed by atoms with Crippen molar-refractivity contribution in [2.24, 2.45) is 0 Å². The number of hydrogen-bond acceptors (Lipinski definition) is 5. The molecular weight excluding hydrogens is 268 g/mol. The van der Waals surface area contributed by atoms with E-state index >= 15 is 0 Å². The molecule has 0 radical (unpaired) electrons. The summed E-state index contributed by atoms with van der Waals surface area (Å²) in [6.07, 6.45) is 3.47. The smallest absolute Gasteiger partial charge is 0.136 e. The maximum atomic E-state index is 4.70. The van der Waals surface area contributed by atoms with Gasteiger partial charge in [-0.2, -0.15) is 11.3 Å². The number of aromatic nitrogens is 2. The molecule has 0 aromatic carbocycles. The molecule has 1 aliphatic rings. The SMILES string of the molecule is CNc1nc(C2CC2)nc(NCCc2ccsc2)c1C. The van der Waals surface area contributed by atoms with Crippen LogP contribution in [0, 0.1) is 6.92 Å². The summed E-state index contributed by atoms with van der Waals surface area (Å²) >= 11 is 1.75. The quantitative estimate of drug-likeness (QED) is 0.855. The van der Waals surface area contributed by atoms with Crippen molar-refractivity contribution in [2.45, 2.75) is 32.1 Å². The van der Waals surface area contributed by atoms with Crippen LogP contribution in [0.4, 0.5) is 11.6 Å². The van der Waals surface area contributed by atoms with Gasteiger partial charge in [0.1, 0.15) is 17.5 Å². The zero-order valence-electron chi connectivity index (χ0n) is 11.9. The van der Waals surface area contributed by atoms with E-state index in [-0.39, 0.29) is 0 Å². The van der Waals surface area contributed by atoms with Gasteiger partial charge < -0.3 is 10.6 Å². The first kappa shape index (κ1) is 13.4. The van der Waals surface area contributed by atoms with Gasteiger partial charge in [0.2, 0.25) is 0 Å². The van der Waals surface area contributed by atoms with E-state index in [0.29, 0.717) is 5.92 Å². The molecule has 2 heterocycles. The van der Waals surface area contributed by atoms with Crippen LogP contribution in [0.3, 0.4) is 0 Å². The van der Waals surface area contributed by atoms with Gasteiger partial charge in [-0.1, -0.05) is 0 Å². The van der Waals surface area contributed by atoms with Crippen LogP contribution in [0.5, 0.6) is 0 Å². The minimum absolute atomic E-state index is 0.570. The minimum Gasteiger partial charge on any atom is -0.373 e. The molecule has 2 aromatic heterocycles. The molecule has 3 rings (SSSR count). The lowest BCUT2D eigenvalue weighted by atomic mass is 10.2. The minimum atomic E-state index is 0.570. The van der Waals surface area contributed by atoms with Gasteiger partial charge in [0.15, 0.2) is 0 Å². The van der Waals surface area contributed by atoms with Gasteiger partial charge in [-0.15, -0.1) is 0 Å². The predicted molar refractivity (Wildman–Crippen MR) is 84.8 cm³/mol. The molecular formula is C15H20N4S. The van der Waals surface area contributed by atoms with E-state index in [9.17, 15) is 0 Å². The monoisotopic (exact) mass is 288 g/mol. The lowest BCUT2D eigenvalue weighted by Crippen LogP contribution is -2.11. The van der Waals surface area contributed by atoms with Gasteiger partial charge in [0, 0.05) is 25.1 Å². The van der Waals surface area contributed by atoms with Crippen molar-refractivity contribution in [3.63, 3.8) is 0 Å². The third-order valence-electron chi connectivity index (χ3n) is 3.63. The molecule has 0 saturated heterocycles. The van der Waals surface area contributed by atoms with Crippen LogP contribution < -0.4 is 10.6 Å². The Morgan fingerprint density at radius 1 is 1.30 bits per heavy atom. The second kappa shape index (κ2) is 5.79. The summed E-state index contributed by atoms with van der Waals surface area (Å²) in [6, 6.07) is 2.17. The van der Waals surface area contributed by atoms with E-state index in [1.54, 1.807) is 11.3 Å². The highest BCUT2D eigenvalue weighted by Gasteiger charge is 2.28. The Morgan fingerprint density at radius 2 is 2.10 bits per heavy atom. The van der Waals surface area contributed by atoms with E-state index in [1.165, 1.54) is 18.4 Å². The molecule has 4 nitrogen and oxygen atoms in total. The molecule has 1 fully saturated rings. The lowest BCUT2D eigenvalue weighted by molar-refractivity contribution is 0.908. The lowest BCUT2D eigenvalue weighted by Gasteiger charge is -2.13. The molecule has 106 valence electrons. The van der Waals surface area contributed by atoms with E-state index in [1.807, 2.05) is 7.05 Å². The summed E-state index contributed by atoms with van der Waals surface area (Å²) in [5.41, 5.74) is 2.48. The van der Waals surface area contributed by atoms with Crippen molar-refractivity contribution in [1.82, 2.24) is 9.97 Å². The number of rotatable bonds is 6. The fourth-order valence-electron chi connectivity index (χ4n) is 2.23. The maximum absolute atomic E-state index is 4.70. The third kappa shape index (κ3) is 2.93. The first-order valence-corrected chi connectivity index (χ1v) is 8.03. The van der Waals surface area contributed by atoms with E-state index < -0.39 is 0 Å². The number of thiophene rings is 1. The third-order valence-corrected chi connectivity index (χ3v) is 4.36. The molecule has 0 unspecified atom stereocenters. The molecule has 0 atom stereocenters. The number of nitrogens with one attached hydrogen (secondary N) is 2. The number of anilines is 2. The van der Waals surface area contributed by atoms with E-state index in [4.69, 9.17) is 4.98 Å². The molecule has 1 saturated carbocycles. The molecule has 0 bridgehead atoms. The van der Waals surface area contributed by atoms with Gasteiger partial charge in [-0.05, 0) is 48.6 Å². The molecule has 20 heavy (non-hydrogen) atoms. The summed E-state index contributed by atoms with van der Waals surface area (Å²) in [5.74, 6) is 3.47. The molecule has 2 aromatic rings. The van der Waals surface area contributed by atoms with E-state index in [0.717, 1.165) is 36.0 Å². The van der Waals surface area contributed by atoms with Gasteiger partial charge in [0.25, 0.3) is 0 Å². The Kier molecular flexibility index (Phi) is 3.87. The summed E-state index contributed by atoms with van der Waals surface area (Å²) in [6.45, 7) is 2.97. The highest BCUT2D eigenvalue weighted by atomic mass is 32.1. The van der Waals surface area contributed by atoms with Crippen LogP contribution >= 0.6 is 11.3 Å². The fourth-order valence-corrected chi connectivity index (χ4v) is 2.94. The Labute approximate surface area is 123 Å². The summed E-state index contributed by atoms with van der Waals surface area (Å²) in [4.78, 5) is 9.31. The van der Waals surface area contributed by atoms with Gasteiger partial charge >= 0.3 is 0 Å². The van der Waals surface area contributed by atoms with Crippen LogP contribution in [-0.4, -0.2) is 23.6 Å². The van der Waals surface area contributed by atoms with E-state index in [2.05, 4.69) is 39.4 Å². The maximum Gasteiger partial charge on any atom is 0.136 e. The summed E-state index contributed by atoms with van der Waals surface area (Å²) < 4.78 is 0. The Hall–Kier alpha value is -1.62. The second-order valence-corrected chi connectivity index (χ2v) is 6.02. The summed E-state index contributed by atoms with van der Waals surface area (Å²) in [5, 5.41) is 11.0. The first-order valence-electron chi connectivity index (χ1n) is 7.09. The molecule has 0 aliphatic heterocycles. The second-order valence-electron chi connectivity index (χ2n) is 5.24. The highest BCUT2D eigenvalue weighted by molar-refractivity contribution is 7.07. The average Bonchev–Trinajstić information content (AvgIpc) is 3.18. The van der Waals surface area contributed by atoms with Crippen molar-refractivity contribution < 1.29 is 0 Å². The molecule has 5 heteroatoms. The average molecular weight is 288 g/mol. The number of hydrogen-bond donors (Lipinski definition) is 2. The molecule has 2 N–H and O–H groups in total. The zero-order chi connectivity index (χ0) is 13.9. The van der Waals surface area contributed by atoms with Crippen molar-refractivity contribution in [2.75, 3.05) is 24.2 Å². The first-order chi connectivity index (χ1) is 9.78. The predicted octanol–water partition coefficient (Wildman–Crippen LogP) is 3.42. The van der Waals surface area contributed by atoms with Crippen molar-refractivity contribution in [3.8, 4) is 0 Å². The van der Waals surface area contributed by atoms with Crippen LogP contribution in [-0.2, 0) is 6.42 Å². The topological polar surface area (TPSA) is 49.8 Å². The van der Waals surface area contributed by atoms with Crippen molar-refractivity contribution in [3.05, 3.63) is 33.8 Å². The largest absolute Gasteiger partial charge is 0.373 e. The normalized spacial score (nSPS) is 14.3. The van der Waals surface area contributed by atoms with Gasteiger partial charge in [-0.25, -0.2) is 9.97 Å². The molecule has 0 spiro atoms. The summed E-state index contributed by atoms with van der Waals surface area (Å²) in [7, 11) is 1.92. The standard InChI is InChI=1S/C15H20N4S/c1-10-13(16-2)18-15(12-3-4-12)19-14(10)17-7-5-11-6-8-20-9-11/h6,8-9,12H,3-5,7H2,1-2H3,(H2,16,17,18,19). The van der Waals surface area contributed by atoms with Gasteiger partial charge in [-0.3, -0.25) is 0 Å². The Morgan fingerprint density at radius 3 is 2.75 bits per heavy atom. The highest BCUT2D eigenvalue weighted by Crippen LogP contribution is 2.39. The van der Waals surface area contributed by atoms with Crippen LogP contribution in [0.2, 0.25) is 0 Å². The van der Waals surface area contributed by atoms with Crippen LogP contribution in [0.15, 0.2) is 16.8 Å². The molecule has 1 aliphatic carbocycles. The zero-order valence-corrected chi connectivity index (χ0v) is 12.8. The Bertz CT molecular complexity index is 576. The fraction of sp³-hybridized carbons (Fsp3) is 0.467. The van der Waals surface area contributed by atoms with Crippen molar-refractivity contribution >= 4 is 23.0 Å². The van der Waals surface area contributed by atoms with Crippen LogP contribution in [0.1, 0.15) is 35.7 Å².